The third kappa shape index (κ3) is 6.04. The van der Waals surface area contributed by atoms with Crippen molar-refractivity contribution in [2.24, 2.45) is 5.73 Å². The summed E-state index contributed by atoms with van der Waals surface area (Å²) in [6, 6.07) is 19.9. The predicted octanol–water partition coefficient (Wildman–Crippen LogP) is 4.07. The number of nitrogen functional groups attached to an aromatic ring is 1. The van der Waals surface area contributed by atoms with Gasteiger partial charge in [0.2, 0.25) is 5.91 Å². The lowest BCUT2D eigenvalue weighted by Gasteiger charge is -2.32. The van der Waals surface area contributed by atoms with Crippen LogP contribution < -0.4 is 26.4 Å². The number of aromatic nitrogens is 1. The first-order valence-electron chi connectivity index (χ1n) is 12.0. The van der Waals surface area contributed by atoms with Crippen LogP contribution in [0.1, 0.15) is 44.3 Å². The molecule has 0 saturated heterocycles. The Labute approximate surface area is 228 Å². The maximum Gasteiger partial charge on any atom is 0.273 e. The van der Waals surface area contributed by atoms with E-state index in [1.165, 1.54) is 29.2 Å². The number of para-hydroxylation sites is 2. The first kappa shape index (κ1) is 27.3. The number of nitrogens with two attached hydrogens (primary N) is 2. The van der Waals surface area contributed by atoms with Gasteiger partial charge in [0.25, 0.3) is 11.8 Å². The fourth-order valence-corrected chi connectivity index (χ4v) is 4.72. The summed E-state index contributed by atoms with van der Waals surface area (Å²) in [5.74, 6) is -2.32. The van der Waals surface area contributed by atoms with E-state index in [0.29, 0.717) is 22.8 Å². The molecule has 0 aliphatic carbocycles. The summed E-state index contributed by atoms with van der Waals surface area (Å²) < 4.78 is 23.6. The zero-order valence-corrected chi connectivity index (χ0v) is 21.8. The quantitative estimate of drug-likeness (QED) is 0.273. The second-order valence-electron chi connectivity index (χ2n) is 8.37. The number of carbonyl (C=O) groups is 3. The Morgan fingerprint density at radius 2 is 1.69 bits per heavy atom. The minimum atomic E-state index is -1.28. The molecule has 3 aromatic carbocycles. The maximum absolute atomic E-state index is 14.2. The molecule has 5 N–H and O–H groups in total. The highest BCUT2D eigenvalue weighted by atomic mass is 32.1. The fourth-order valence-electron chi connectivity index (χ4n) is 3.98. The summed E-state index contributed by atoms with van der Waals surface area (Å²) in [5.41, 5.74) is 12.5. The second kappa shape index (κ2) is 12.2. The number of ether oxygens (including phenoxy) is 1. The van der Waals surface area contributed by atoms with Crippen molar-refractivity contribution in [1.82, 2.24) is 9.69 Å². The standard InChI is InChI=1S/C28H26FN5O4S/c1-2-38-21-11-7-6-10-20(21)34(28(37)25-22(30)23(26(31)35)33-39-25)24(18-12-14-19(29)15-13-18)27(36)32-16-17-8-4-3-5-9-17/h3-15,24H,2,16,30H2,1H3,(H2,31,35)(H,32,36)/t24-/m1/s1. The minimum absolute atomic E-state index is 0.0851. The Bertz CT molecular complexity index is 1480. The SMILES string of the molecule is CCOc1ccccc1N(C(=O)c1snc(C(N)=O)c1N)[C@@H](C(=O)NCc1ccccc1)c1ccc(F)cc1. The van der Waals surface area contributed by atoms with Crippen molar-refractivity contribution in [3.63, 3.8) is 0 Å². The summed E-state index contributed by atoms with van der Waals surface area (Å²) in [6.07, 6.45) is 0. The molecule has 1 heterocycles. The van der Waals surface area contributed by atoms with Gasteiger partial charge in [0.15, 0.2) is 5.69 Å². The van der Waals surface area contributed by atoms with Crippen LogP contribution in [-0.2, 0) is 11.3 Å². The summed E-state index contributed by atoms with van der Waals surface area (Å²) in [6.45, 7) is 2.25. The number of hydrogen-bond acceptors (Lipinski definition) is 7. The molecule has 1 atom stereocenters. The number of nitrogens with one attached hydrogen (secondary N) is 1. The number of primary amides is 1. The largest absolute Gasteiger partial charge is 0.492 e. The van der Waals surface area contributed by atoms with Gasteiger partial charge >= 0.3 is 0 Å². The minimum Gasteiger partial charge on any atom is -0.492 e. The Balaban J connectivity index is 1.87. The molecule has 0 spiro atoms. The predicted molar refractivity (Wildman–Crippen MR) is 147 cm³/mol. The third-order valence-corrected chi connectivity index (χ3v) is 6.65. The fraction of sp³-hybridized carbons (Fsp3) is 0.143. The molecule has 1 aromatic heterocycles. The van der Waals surface area contributed by atoms with Gasteiger partial charge in [-0.2, -0.15) is 4.37 Å². The van der Waals surface area contributed by atoms with Gasteiger partial charge in [-0.25, -0.2) is 4.39 Å². The number of benzene rings is 3. The van der Waals surface area contributed by atoms with E-state index in [-0.39, 0.29) is 35.1 Å². The first-order valence-corrected chi connectivity index (χ1v) is 12.8. The highest BCUT2D eigenvalue weighted by Gasteiger charge is 2.37. The van der Waals surface area contributed by atoms with Crippen LogP contribution in [0, 0.1) is 5.82 Å². The van der Waals surface area contributed by atoms with Crippen molar-refractivity contribution in [3.8, 4) is 5.75 Å². The van der Waals surface area contributed by atoms with Crippen LogP contribution in [-0.4, -0.2) is 28.7 Å². The summed E-state index contributed by atoms with van der Waals surface area (Å²) in [7, 11) is 0. The van der Waals surface area contributed by atoms with Gasteiger partial charge < -0.3 is 21.5 Å². The van der Waals surface area contributed by atoms with Gasteiger partial charge in [-0.05, 0) is 53.8 Å². The normalized spacial score (nSPS) is 11.4. The zero-order valence-electron chi connectivity index (χ0n) is 21.0. The average Bonchev–Trinajstić information content (AvgIpc) is 3.33. The van der Waals surface area contributed by atoms with Crippen LogP contribution in [0.15, 0.2) is 78.9 Å². The summed E-state index contributed by atoms with van der Waals surface area (Å²) >= 11 is 0.692. The molecule has 0 bridgehead atoms. The number of carbonyl (C=O) groups excluding carboxylic acids is 3. The van der Waals surface area contributed by atoms with E-state index >= 15 is 0 Å². The lowest BCUT2D eigenvalue weighted by molar-refractivity contribution is -0.122. The topological polar surface area (TPSA) is 141 Å². The van der Waals surface area contributed by atoms with Crippen LogP contribution >= 0.6 is 11.5 Å². The van der Waals surface area contributed by atoms with Crippen LogP contribution in [0.3, 0.4) is 0 Å². The van der Waals surface area contributed by atoms with E-state index in [2.05, 4.69) is 9.69 Å². The first-order chi connectivity index (χ1) is 18.8. The highest BCUT2D eigenvalue weighted by Crippen LogP contribution is 2.38. The molecule has 39 heavy (non-hydrogen) atoms. The molecular formula is C28H26FN5O4S. The maximum atomic E-state index is 14.2. The van der Waals surface area contributed by atoms with Gasteiger partial charge in [-0.15, -0.1) is 0 Å². The molecule has 0 aliphatic rings. The summed E-state index contributed by atoms with van der Waals surface area (Å²) in [5, 5.41) is 2.87. The Morgan fingerprint density at radius 3 is 2.33 bits per heavy atom. The molecule has 4 rings (SSSR count). The molecule has 4 aromatic rings. The smallest absolute Gasteiger partial charge is 0.273 e. The van der Waals surface area contributed by atoms with Crippen LogP contribution in [0.2, 0.25) is 0 Å². The van der Waals surface area contributed by atoms with Crippen molar-refractivity contribution < 1.29 is 23.5 Å². The molecule has 9 nitrogen and oxygen atoms in total. The third-order valence-electron chi connectivity index (χ3n) is 5.80. The van der Waals surface area contributed by atoms with Gasteiger partial charge in [-0.3, -0.25) is 19.3 Å². The Hall–Kier alpha value is -4.77. The van der Waals surface area contributed by atoms with Gasteiger partial charge in [0, 0.05) is 6.54 Å². The number of nitrogens with zero attached hydrogens (tertiary/aromatic N) is 2. The van der Waals surface area contributed by atoms with E-state index in [1.807, 2.05) is 30.3 Å². The zero-order chi connectivity index (χ0) is 27.9. The lowest BCUT2D eigenvalue weighted by atomic mass is 10.0. The second-order valence-corrected chi connectivity index (χ2v) is 9.15. The van der Waals surface area contributed by atoms with Crippen LogP contribution in [0.5, 0.6) is 5.75 Å². The van der Waals surface area contributed by atoms with Gasteiger partial charge in [0.05, 0.1) is 18.0 Å². The molecule has 200 valence electrons. The summed E-state index contributed by atoms with van der Waals surface area (Å²) in [4.78, 5) is 41.0. The molecule has 3 amide bonds. The van der Waals surface area contributed by atoms with Gasteiger partial charge in [-0.1, -0.05) is 54.6 Å². The number of halogens is 1. The van der Waals surface area contributed by atoms with E-state index in [0.717, 1.165) is 5.56 Å². The lowest BCUT2D eigenvalue weighted by Crippen LogP contribution is -2.44. The van der Waals surface area contributed by atoms with Crippen molar-refractivity contribution in [3.05, 3.63) is 106 Å². The van der Waals surface area contributed by atoms with Crippen molar-refractivity contribution >= 4 is 40.6 Å². The van der Waals surface area contributed by atoms with Crippen LogP contribution in [0.4, 0.5) is 15.8 Å². The molecular weight excluding hydrogens is 521 g/mol. The van der Waals surface area contributed by atoms with Crippen molar-refractivity contribution in [1.29, 1.82) is 0 Å². The number of amides is 3. The average molecular weight is 548 g/mol. The molecule has 0 radical (unpaired) electrons. The van der Waals surface area contributed by atoms with Crippen LogP contribution in [0.25, 0.3) is 0 Å². The van der Waals surface area contributed by atoms with Crippen molar-refractivity contribution in [2.75, 3.05) is 17.2 Å². The van der Waals surface area contributed by atoms with E-state index in [1.54, 1.807) is 31.2 Å². The highest BCUT2D eigenvalue weighted by molar-refractivity contribution is 7.09. The number of rotatable bonds is 10. The molecule has 0 fully saturated rings. The number of anilines is 2. The van der Waals surface area contributed by atoms with E-state index < -0.39 is 29.6 Å². The Kier molecular flexibility index (Phi) is 8.52. The van der Waals surface area contributed by atoms with E-state index in [9.17, 15) is 18.8 Å². The van der Waals surface area contributed by atoms with Crippen molar-refractivity contribution in [2.45, 2.75) is 19.5 Å². The molecule has 11 heteroatoms. The number of hydrogen-bond donors (Lipinski definition) is 3. The Morgan fingerprint density at radius 1 is 1.03 bits per heavy atom. The van der Waals surface area contributed by atoms with E-state index in [4.69, 9.17) is 16.2 Å². The molecule has 0 unspecified atom stereocenters. The van der Waals surface area contributed by atoms with Gasteiger partial charge in [0.1, 0.15) is 22.5 Å². The molecule has 0 aliphatic heterocycles. The monoisotopic (exact) mass is 547 g/mol. The molecule has 0 saturated carbocycles.